The first kappa shape index (κ1) is 14.8. The Kier molecular flexibility index (Phi) is 4.43. The van der Waals surface area contributed by atoms with E-state index in [4.69, 9.17) is 32.4 Å². The predicted molar refractivity (Wildman–Crippen MR) is 84.1 cm³/mol. The number of ether oxygens (including phenoxy) is 1. The highest BCUT2D eigenvalue weighted by molar-refractivity contribution is 6.35. The van der Waals surface area contributed by atoms with Gasteiger partial charge in [0.2, 0.25) is 0 Å². The fourth-order valence-corrected chi connectivity index (χ4v) is 2.56. The van der Waals surface area contributed by atoms with Gasteiger partial charge in [0.15, 0.2) is 0 Å². The second kappa shape index (κ2) is 6.30. The average Bonchev–Trinajstić information content (AvgIpc) is 3.20. The Morgan fingerprint density at radius 3 is 2.81 bits per heavy atom. The van der Waals surface area contributed by atoms with Gasteiger partial charge in [-0.15, -0.1) is 0 Å². The molecule has 1 N–H and O–H groups in total. The molecule has 5 heteroatoms. The molecule has 1 fully saturated rings. The van der Waals surface area contributed by atoms with Crippen molar-refractivity contribution >= 4 is 23.2 Å². The number of rotatable bonds is 6. The van der Waals surface area contributed by atoms with E-state index >= 15 is 0 Å². The van der Waals surface area contributed by atoms with Crippen LogP contribution in [0.15, 0.2) is 28.7 Å². The lowest BCUT2D eigenvalue weighted by molar-refractivity contribution is 0.303. The molecule has 3 rings (SSSR count). The van der Waals surface area contributed by atoms with Crippen molar-refractivity contribution in [2.75, 3.05) is 0 Å². The summed E-state index contributed by atoms with van der Waals surface area (Å²) in [7, 11) is 0. The van der Waals surface area contributed by atoms with E-state index < -0.39 is 0 Å². The molecule has 0 radical (unpaired) electrons. The van der Waals surface area contributed by atoms with E-state index in [1.54, 1.807) is 18.2 Å². The first-order chi connectivity index (χ1) is 10.1. The molecule has 0 unspecified atom stereocenters. The minimum absolute atomic E-state index is 0.431. The zero-order valence-corrected chi connectivity index (χ0v) is 13.3. The molecule has 1 aromatic heterocycles. The minimum atomic E-state index is 0.431. The maximum Gasteiger partial charge on any atom is 0.138 e. The molecule has 1 aliphatic rings. The van der Waals surface area contributed by atoms with E-state index in [9.17, 15) is 0 Å². The molecule has 1 aromatic carbocycles. The molecule has 0 saturated heterocycles. The summed E-state index contributed by atoms with van der Waals surface area (Å²) in [5, 5.41) is 4.54. The minimum Gasteiger partial charge on any atom is -0.487 e. The third-order valence-corrected chi connectivity index (χ3v) is 4.02. The van der Waals surface area contributed by atoms with E-state index in [0.29, 0.717) is 28.4 Å². The van der Waals surface area contributed by atoms with E-state index in [1.165, 1.54) is 12.8 Å². The third kappa shape index (κ3) is 3.94. The number of hydrogen-bond donors (Lipinski definition) is 1. The number of benzene rings is 1. The molecule has 0 bridgehead atoms. The van der Waals surface area contributed by atoms with Crippen LogP contribution in [0.2, 0.25) is 10.0 Å². The SMILES string of the molecule is Cc1oc(CNC2CC2)cc1COc1ccc(Cl)cc1Cl. The number of hydrogen-bond acceptors (Lipinski definition) is 3. The lowest BCUT2D eigenvalue weighted by Crippen LogP contribution is -2.14. The largest absolute Gasteiger partial charge is 0.487 e. The lowest BCUT2D eigenvalue weighted by Gasteiger charge is -2.07. The third-order valence-electron chi connectivity index (χ3n) is 3.49. The zero-order valence-electron chi connectivity index (χ0n) is 11.8. The highest BCUT2D eigenvalue weighted by atomic mass is 35.5. The van der Waals surface area contributed by atoms with E-state index in [0.717, 1.165) is 23.6 Å². The van der Waals surface area contributed by atoms with Crippen molar-refractivity contribution in [2.24, 2.45) is 0 Å². The molecule has 1 aliphatic carbocycles. The Balaban J connectivity index is 1.61. The lowest BCUT2D eigenvalue weighted by atomic mass is 10.2. The number of furan rings is 1. The Bertz CT molecular complexity index is 635. The van der Waals surface area contributed by atoms with Crippen LogP contribution in [0, 0.1) is 6.92 Å². The van der Waals surface area contributed by atoms with Crippen molar-refractivity contribution in [2.45, 2.75) is 39.0 Å². The highest BCUT2D eigenvalue weighted by Gasteiger charge is 2.21. The molecule has 0 aliphatic heterocycles. The predicted octanol–water partition coefficient (Wildman–Crippen LogP) is 4.73. The van der Waals surface area contributed by atoms with Gasteiger partial charge in [0, 0.05) is 16.6 Å². The van der Waals surface area contributed by atoms with Crippen LogP contribution in [0.25, 0.3) is 0 Å². The van der Waals surface area contributed by atoms with Gasteiger partial charge in [0.1, 0.15) is 23.9 Å². The van der Waals surface area contributed by atoms with Gasteiger partial charge < -0.3 is 14.5 Å². The molecule has 2 aromatic rings. The summed E-state index contributed by atoms with van der Waals surface area (Å²) in [4.78, 5) is 0. The highest BCUT2D eigenvalue weighted by Crippen LogP contribution is 2.29. The van der Waals surface area contributed by atoms with Crippen LogP contribution in [0.4, 0.5) is 0 Å². The zero-order chi connectivity index (χ0) is 14.8. The molecule has 112 valence electrons. The summed E-state index contributed by atoms with van der Waals surface area (Å²) in [5.74, 6) is 2.45. The Morgan fingerprint density at radius 2 is 2.10 bits per heavy atom. The van der Waals surface area contributed by atoms with Crippen molar-refractivity contribution in [3.05, 3.63) is 51.4 Å². The molecule has 0 amide bonds. The first-order valence-electron chi connectivity index (χ1n) is 7.01. The number of aryl methyl sites for hydroxylation is 1. The smallest absolute Gasteiger partial charge is 0.138 e. The summed E-state index contributed by atoms with van der Waals surface area (Å²) in [6.07, 6.45) is 2.54. The second-order valence-corrected chi connectivity index (χ2v) is 6.16. The molecule has 1 heterocycles. The van der Waals surface area contributed by atoms with Gasteiger partial charge in [-0.2, -0.15) is 0 Å². The van der Waals surface area contributed by atoms with Gasteiger partial charge in [-0.25, -0.2) is 0 Å². The quantitative estimate of drug-likeness (QED) is 0.834. The van der Waals surface area contributed by atoms with Crippen molar-refractivity contribution < 1.29 is 9.15 Å². The standard InChI is InChI=1S/C16H17Cl2NO2/c1-10-11(6-14(21-10)8-19-13-3-4-13)9-20-16-5-2-12(17)7-15(16)18/h2,5-7,13,19H,3-4,8-9H2,1H3. The molecule has 0 spiro atoms. The molecule has 1 saturated carbocycles. The Hall–Kier alpha value is -1.16. The fourth-order valence-electron chi connectivity index (χ4n) is 2.10. The van der Waals surface area contributed by atoms with E-state index in [-0.39, 0.29) is 0 Å². The van der Waals surface area contributed by atoms with Crippen molar-refractivity contribution in [3.8, 4) is 5.75 Å². The van der Waals surface area contributed by atoms with Gasteiger partial charge in [-0.1, -0.05) is 23.2 Å². The van der Waals surface area contributed by atoms with Crippen LogP contribution in [0.1, 0.15) is 29.9 Å². The fraction of sp³-hybridized carbons (Fsp3) is 0.375. The maximum atomic E-state index is 6.09. The summed E-state index contributed by atoms with van der Waals surface area (Å²) in [5.41, 5.74) is 1.04. The Morgan fingerprint density at radius 1 is 1.29 bits per heavy atom. The van der Waals surface area contributed by atoms with E-state index in [2.05, 4.69) is 5.32 Å². The Labute approximate surface area is 134 Å². The van der Waals surface area contributed by atoms with Crippen molar-refractivity contribution in [1.29, 1.82) is 0 Å². The topological polar surface area (TPSA) is 34.4 Å². The molecule has 3 nitrogen and oxygen atoms in total. The van der Waals surface area contributed by atoms with Crippen LogP contribution in [0.5, 0.6) is 5.75 Å². The average molecular weight is 326 g/mol. The maximum absolute atomic E-state index is 6.09. The van der Waals surface area contributed by atoms with Crippen LogP contribution in [0.3, 0.4) is 0 Å². The van der Waals surface area contributed by atoms with Crippen molar-refractivity contribution in [1.82, 2.24) is 5.32 Å². The summed E-state index contributed by atoms with van der Waals surface area (Å²) >= 11 is 12.0. The van der Waals surface area contributed by atoms with Crippen LogP contribution in [-0.2, 0) is 13.2 Å². The van der Waals surface area contributed by atoms with Gasteiger partial charge >= 0.3 is 0 Å². The number of halogens is 2. The van der Waals surface area contributed by atoms with Gasteiger partial charge in [0.25, 0.3) is 0 Å². The second-order valence-electron chi connectivity index (χ2n) is 5.31. The van der Waals surface area contributed by atoms with Crippen LogP contribution < -0.4 is 10.1 Å². The van der Waals surface area contributed by atoms with E-state index in [1.807, 2.05) is 13.0 Å². The molecule has 21 heavy (non-hydrogen) atoms. The van der Waals surface area contributed by atoms with Gasteiger partial charge in [-0.05, 0) is 44.0 Å². The van der Waals surface area contributed by atoms with Crippen LogP contribution in [-0.4, -0.2) is 6.04 Å². The number of nitrogens with one attached hydrogen (secondary N) is 1. The van der Waals surface area contributed by atoms with Gasteiger partial charge in [0.05, 0.1) is 11.6 Å². The van der Waals surface area contributed by atoms with Crippen molar-refractivity contribution in [3.63, 3.8) is 0 Å². The normalized spacial score (nSPS) is 14.4. The summed E-state index contributed by atoms with van der Waals surface area (Å²) in [6.45, 7) is 3.15. The molecule has 0 atom stereocenters. The molecular formula is C16H17Cl2NO2. The van der Waals surface area contributed by atoms with Gasteiger partial charge in [-0.3, -0.25) is 0 Å². The van der Waals surface area contributed by atoms with Crippen LogP contribution >= 0.6 is 23.2 Å². The summed E-state index contributed by atoms with van der Waals surface area (Å²) < 4.78 is 11.5. The first-order valence-corrected chi connectivity index (χ1v) is 7.77. The summed E-state index contributed by atoms with van der Waals surface area (Å²) in [6, 6.07) is 7.91. The monoisotopic (exact) mass is 325 g/mol. The molecular weight excluding hydrogens is 309 g/mol.